The van der Waals surface area contributed by atoms with Crippen molar-refractivity contribution in [3.05, 3.63) is 24.0 Å². The van der Waals surface area contributed by atoms with Crippen LogP contribution in [-0.4, -0.2) is 60.7 Å². The lowest BCUT2D eigenvalue weighted by Crippen LogP contribution is -2.43. The highest BCUT2D eigenvalue weighted by Gasteiger charge is 2.33. The second-order valence-corrected chi connectivity index (χ2v) is 6.49. The van der Waals surface area contributed by atoms with Crippen LogP contribution in [0.2, 0.25) is 0 Å². The van der Waals surface area contributed by atoms with Gasteiger partial charge in [-0.3, -0.25) is 9.69 Å². The summed E-state index contributed by atoms with van der Waals surface area (Å²) in [6.45, 7) is 2.72. The molecule has 2 amide bonds. The van der Waals surface area contributed by atoms with Gasteiger partial charge in [0.1, 0.15) is 18.3 Å². The molecular weight excluding hydrogens is 375 g/mol. The lowest BCUT2D eigenvalue weighted by molar-refractivity contribution is -0.119. The molecule has 1 saturated heterocycles. The average Bonchev–Trinajstić information content (AvgIpc) is 3.01. The van der Waals surface area contributed by atoms with Crippen molar-refractivity contribution in [2.45, 2.75) is 13.0 Å². The molecule has 1 aromatic carbocycles. The zero-order chi connectivity index (χ0) is 19.6. The van der Waals surface area contributed by atoms with Gasteiger partial charge in [0.2, 0.25) is 5.91 Å². The lowest BCUT2D eigenvalue weighted by atomic mass is 10.2. The molecule has 0 aromatic heterocycles. The number of nitrogens with zero attached hydrogens (tertiary/aromatic N) is 4. The third kappa shape index (κ3) is 4.25. The Morgan fingerprint density at radius 3 is 2.85 bits per heavy atom. The first-order valence-corrected chi connectivity index (χ1v) is 8.66. The van der Waals surface area contributed by atoms with Crippen LogP contribution in [-0.2, 0) is 9.53 Å². The largest absolute Gasteiger partial charge is 0.442 e. The number of benzene rings is 1. The molecule has 3 N–H and O–H groups in total. The van der Waals surface area contributed by atoms with Crippen LogP contribution in [0, 0.1) is 5.82 Å². The van der Waals surface area contributed by atoms with E-state index in [0.29, 0.717) is 24.5 Å². The molecule has 27 heavy (non-hydrogen) atoms. The van der Waals surface area contributed by atoms with E-state index < -0.39 is 18.0 Å². The zero-order valence-electron chi connectivity index (χ0n) is 14.6. The molecule has 3 rings (SSSR count). The van der Waals surface area contributed by atoms with Gasteiger partial charge in [0.25, 0.3) is 0 Å². The van der Waals surface area contributed by atoms with Gasteiger partial charge in [-0.2, -0.15) is 5.10 Å². The number of nitrogens with one attached hydrogen (secondary N) is 1. The van der Waals surface area contributed by atoms with Gasteiger partial charge >= 0.3 is 6.09 Å². The molecule has 1 atom stereocenters. The Hall–Kier alpha value is -2.95. The van der Waals surface area contributed by atoms with Crippen molar-refractivity contribution in [3.63, 3.8) is 0 Å². The summed E-state index contributed by atoms with van der Waals surface area (Å²) in [5.74, 6) is -0.710. The van der Waals surface area contributed by atoms with E-state index in [0.717, 1.165) is 0 Å². The molecule has 0 radical (unpaired) electrons. The quantitative estimate of drug-likeness (QED) is 0.721. The van der Waals surface area contributed by atoms with E-state index >= 15 is 0 Å². The van der Waals surface area contributed by atoms with E-state index in [1.54, 1.807) is 17.0 Å². The summed E-state index contributed by atoms with van der Waals surface area (Å²) in [6.07, 6.45) is 0.391. The number of carbonyl (C=O) groups is 2. The number of nitrogens with two attached hydrogens (primary N) is 1. The summed E-state index contributed by atoms with van der Waals surface area (Å²) in [5, 5.41) is 8.27. The number of ether oxygens (including phenoxy) is 1. The molecule has 11 heteroatoms. The van der Waals surface area contributed by atoms with Crippen LogP contribution in [0.3, 0.4) is 0 Å². The van der Waals surface area contributed by atoms with Crippen LogP contribution < -0.4 is 20.9 Å². The summed E-state index contributed by atoms with van der Waals surface area (Å²) in [6, 6.07) is 4.47. The molecule has 9 nitrogen and oxygen atoms in total. The normalized spacial score (nSPS) is 19.3. The molecule has 0 unspecified atom stereocenters. The van der Waals surface area contributed by atoms with Crippen LogP contribution in [0.25, 0.3) is 0 Å². The second-order valence-electron chi connectivity index (χ2n) is 6.07. The van der Waals surface area contributed by atoms with Gasteiger partial charge in [-0.15, -0.1) is 0 Å². The fraction of sp³-hybridized carbons (Fsp3) is 0.375. The second kappa shape index (κ2) is 7.74. The highest BCUT2D eigenvalue weighted by Crippen LogP contribution is 2.28. The third-order valence-electron chi connectivity index (χ3n) is 4.14. The maximum atomic E-state index is 14.6. The number of thiocarbonyl (C=S) groups is 1. The Labute approximate surface area is 160 Å². The summed E-state index contributed by atoms with van der Waals surface area (Å²) in [7, 11) is 0. The van der Waals surface area contributed by atoms with Gasteiger partial charge < -0.3 is 20.7 Å². The van der Waals surface area contributed by atoms with Crippen LogP contribution in [0.15, 0.2) is 23.3 Å². The maximum Gasteiger partial charge on any atom is 0.414 e. The molecule has 144 valence electrons. The number of hydrogen-bond donors (Lipinski definition) is 2. The first-order chi connectivity index (χ1) is 12.8. The van der Waals surface area contributed by atoms with Gasteiger partial charge in [0.05, 0.1) is 31.0 Å². The van der Waals surface area contributed by atoms with E-state index in [1.165, 1.54) is 29.2 Å². The minimum atomic E-state index is -0.580. The number of carbonyl (C=O) groups excluding carboxylic acids is 2. The number of amides is 2. The van der Waals surface area contributed by atoms with Crippen LogP contribution in [0.5, 0.6) is 0 Å². The van der Waals surface area contributed by atoms with E-state index in [9.17, 15) is 14.0 Å². The Morgan fingerprint density at radius 2 is 2.26 bits per heavy atom. The predicted molar refractivity (Wildman–Crippen MR) is 102 cm³/mol. The van der Waals surface area contributed by atoms with Crippen molar-refractivity contribution in [3.8, 4) is 0 Å². The van der Waals surface area contributed by atoms with Crippen molar-refractivity contribution in [1.29, 1.82) is 0 Å². The van der Waals surface area contributed by atoms with Gasteiger partial charge in [0.15, 0.2) is 5.11 Å². The number of hydrazone groups is 1. The molecule has 1 aromatic rings. The highest BCUT2D eigenvalue weighted by atomic mass is 32.1. The van der Waals surface area contributed by atoms with Gasteiger partial charge in [0, 0.05) is 13.5 Å². The van der Waals surface area contributed by atoms with Crippen molar-refractivity contribution in [2.24, 2.45) is 10.8 Å². The minimum absolute atomic E-state index is 0.156. The summed E-state index contributed by atoms with van der Waals surface area (Å²) >= 11 is 4.85. The van der Waals surface area contributed by atoms with Crippen molar-refractivity contribution < 1.29 is 18.7 Å². The SMILES string of the molecule is CC(=O)NC[C@H]1CN(c2ccc(N3C=NN(C(N)=S)CC3)c(F)c2)C(=O)O1. The number of halogens is 1. The van der Waals surface area contributed by atoms with Crippen LogP contribution in [0.1, 0.15) is 6.92 Å². The predicted octanol–water partition coefficient (Wildman–Crippen LogP) is 0.596. The molecule has 0 bridgehead atoms. The maximum absolute atomic E-state index is 14.6. The molecule has 2 aliphatic heterocycles. The van der Waals surface area contributed by atoms with Gasteiger partial charge in [-0.1, -0.05) is 0 Å². The number of cyclic esters (lactones) is 1. The fourth-order valence-electron chi connectivity index (χ4n) is 2.79. The monoisotopic (exact) mass is 394 g/mol. The highest BCUT2D eigenvalue weighted by molar-refractivity contribution is 7.80. The fourth-order valence-corrected chi connectivity index (χ4v) is 2.92. The van der Waals surface area contributed by atoms with E-state index in [4.69, 9.17) is 22.7 Å². The van der Waals surface area contributed by atoms with Crippen LogP contribution in [0.4, 0.5) is 20.6 Å². The molecule has 0 aliphatic carbocycles. The Morgan fingerprint density at radius 1 is 1.48 bits per heavy atom. The first-order valence-electron chi connectivity index (χ1n) is 8.25. The number of rotatable bonds is 4. The van der Waals surface area contributed by atoms with Crippen LogP contribution >= 0.6 is 12.2 Å². The number of anilines is 2. The summed E-state index contributed by atoms with van der Waals surface area (Å²) in [4.78, 5) is 26.0. The Bertz CT molecular complexity index is 804. The minimum Gasteiger partial charge on any atom is -0.442 e. The number of hydrogen-bond acceptors (Lipinski definition) is 6. The Balaban J connectivity index is 1.70. The summed E-state index contributed by atoms with van der Waals surface area (Å²) in [5.41, 5.74) is 6.22. The third-order valence-corrected chi connectivity index (χ3v) is 4.35. The molecule has 2 heterocycles. The van der Waals surface area contributed by atoms with Crippen molar-refractivity contribution in [1.82, 2.24) is 10.3 Å². The molecule has 2 aliphatic rings. The van der Waals surface area contributed by atoms with E-state index in [-0.39, 0.29) is 24.1 Å². The molecule has 0 spiro atoms. The zero-order valence-corrected chi connectivity index (χ0v) is 15.4. The van der Waals surface area contributed by atoms with E-state index in [1.807, 2.05) is 0 Å². The van der Waals surface area contributed by atoms with Gasteiger partial charge in [-0.05, 0) is 30.4 Å². The van der Waals surface area contributed by atoms with E-state index in [2.05, 4.69) is 10.4 Å². The lowest BCUT2D eigenvalue weighted by Gasteiger charge is -2.29. The van der Waals surface area contributed by atoms with Crippen molar-refractivity contribution in [2.75, 3.05) is 36.0 Å². The molecule has 1 fully saturated rings. The topological polar surface area (TPSA) is 104 Å². The summed E-state index contributed by atoms with van der Waals surface area (Å²) < 4.78 is 19.8. The standard InChI is InChI=1S/C16H19FN6O3S/c1-10(24)19-7-12-8-22(16(25)26-12)11-2-3-14(13(17)6-11)21-4-5-23(15(18)27)20-9-21/h2-3,6,9,12H,4-5,7-8H2,1H3,(H2,18,27)(H,19,24)/t12-/m0/s1. The first kappa shape index (κ1) is 18.8. The average molecular weight is 394 g/mol. The van der Waals surface area contributed by atoms with Gasteiger partial charge in [-0.25, -0.2) is 14.2 Å². The smallest absolute Gasteiger partial charge is 0.414 e. The molecular formula is C16H19FN6O3S. The van der Waals surface area contributed by atoms with Crippen molar-refractivity contribution >= 4 is 47.0 Å². The molecule has 0 saturated carbocycles. The Kier molecular flexibility index (Phi) is 5.40.